The second kappa shape index (κ2) is 3.53. The minimum atomic E-state index is -0.428. The number of carbonyl (C=O) groups is 1. The zero-order valence-corrected chi connectivity index (χ0v) is 9.79. The van der Waals surface area contributed by atoms with Crippen LogP contribution in [0.4, 0.5) is 4.39 Å². The number of piperidine rings is 1. The van der Waals surface area contributed by atoms with Crippen LogP contribution in [0.3, 0.4) is 0 Å². The number of rotatable bonds is 0. The summed E-state index contributed by atoms with van der Waals surface area (Å²) in [4.78, 5) is 13.9. The number of nitrogens with one attached hydrogen (secondary N) is 1. The molecule has 1 aromatic rings. The first-order valence-electron chi connectivity index (χ1n) is 5.95. The lowest BCUT2D eigenvalue weighted by molar-refractivity contribution is 0.0544. The first-order valence-corrected chi connectivity index (χ1v) is 5.95. The second-order valence-electron chi connectivity index (χ2n) is 4.81. The van der Waals surface area contributed by atoms with Crippen molar-refractivity contribution in [2.45, 2.75) is 18.4 Å². The number of amides is 1. The summed E-state index contributed by atoms with van der Waals surface area (Å²) in [6.07, 6.45) is 1.56. The van der Waals surface area contributed by atoms with E-state index in [9.17, 15) is 9.18 Å². The lowest BCUT2D eigenvalue weighted by Crippen LogP contribution is -2.48. The Kier molecular flexibility index (Phi) is 2.23. The van der Waals surface area contributed by atoms with Crippen LogP contribution >= 0.6 is 0 Å². The molecule has 1 N–H and O–H groups in total. The largest absolute Gasteiger partial charge is 0.332 e. The lowest BCUT2D eigenvalue weighted by Gasteiger charge is -2.40. The van der Waals surface area contributed by atoms with Crippen molar-refractivity contribution in [3.05, 3.63) is 35.1 Å². The molecule has 0 aliphatic carbocycles. The van der Waals surface area contributed by atoms with E-state index in [1.807, 2.05) is 0 Å². The SMILES string of the molecule is CN1C(=O)c2cccc(F)c2C12CCNCC2. The summed E-state index contributed by atoms with van der Waals surface area (Å²) in [5, 5.41) is 3.26. The molecule has 1 spiro atoms. The Morgan fingerprint density at radius 2 is 2.06 bits per heavy atom. The van der Waals surface area contributed by atoms with Gasteiger partial charge in [-0.1, -0.05) is 6.07 Å². The predicted octanol–water partition coefficient (Wildman–Crippen LogP) is 1.49. The number of nitrogens with zero attached hydrogens (tertiary/aromatic N) is 1. The molecule has 0 unspecified atom stereocenters. The molecule has 0 bridgehead atoms. The summed E-state index contributed by atoms with van der Waals surface area (Å²) in [5.74, 6) is -0.302. The Balaban J connectivity index is 2.21. The molecule has 1 aromatic carbocycles. The highest BCUT2D eigenvalue weighted by atomic mass is 19.1. The monoisotopic (exact) mass is 234 g/mol. The zero-order valence-electron chi connectivity index (χ0n) is 9.79. The first kappa shape index (κ1) is 10.7. The standard InChI is InChI=1S/C13H15FN2O/c1-16-12(17)9-3-2-4-10(14)11(9)13(16)5-7-15-8-6-13/h2-4,15H,5-8H2,1H3. The predicted molar refractivity (Wildman–Crippen MR) is 62.3 cm³/mol. The van der Waals surface area contributed by atoms with Crippen LogP contribution in [0, 0.1) is 5.82 Å². The van der Waals surface area contributed by atoms with E-state index >= 15 is 0 Å². The van der Waals surface area contributed by atoms with Crippen molar-refractivity contribution < 1.29 is 9.18 Å². The van der Waals surface area contributed by atoms with Gasteiger partial charge in [0.15, 0.2) is 0 Å². The Bertz CT molecular complexity index is 480. The van der Waals surface area contributed by atoms with Crippen LogP contribution < -0.4 is 5.32 Å². The molecule has 3 rings (SSSR count). The third-order valence-electron chi connectivity index (χ3n) is 4.09. The van der Waals surface area contributed by atoms with E-state index < -0.39 is 5.54 Å². The third kappa shape index (κ3) is 1.27. The summed E-state index contributed by atoms with van der Waals surface area (Å²) in [6.45, 7) is 1.65. The molecule has 1 amide bonds. The van der Waals surface area contributed by atoms with E-state index in [2.05, 4.69) is 5.32 Å². The fourth-order valence-electron chi connectivity index (χ4n) is 3.14. The maximum Gasteiger partial charge on any atom is 0.254 e. The summed E-state index contributed by atoms with van der Waals surface area (Å²) in [5.41, 5.74) is 0.714. The van der Waals surface area contributed by atoms with E-state index in [0.29, 0.717) is 11.1 Å². The molecular weight excluding hydrogens is 219 g/mol. The first-order chi connectivity index (χ1) is 8.17. The fourth-order valence-corrected chi connectivity index (χ4v) is 3.14. The van der Waals surface area contributed by atoms with E-state index in [-0.39, 0.29) is 11.7 Å². The maximum atomic E-state index is 14.1. The van der Waals surface area contributed by atoms with Gasteiger partial charge in [-0.25, -0.2) is 4.39 Å². The molecule has 0 aromatic heterocycles. The highest BCUT2D eigenvalue weighted by Gasteiger charge is 2.49. The Labute approximate surface area is 99.6 Å². The number of carbonyl (C=O) groups excluding carboxylic acids is 1. The van der Waals surface area contributed by atoms with Gasteiger partial charge in [-0.05, 0) is 38.1 Å². The van der Waals surface area contributed by atoms with Crippen molar-refractivity contribution in [3.8, 4) is 0 Å². The van der Waals surface area contributed by atoms with E-state index in [0.717, 1.165) is 25.9 Å². The Morgan fingerprint density at radius 1 is 1.35 bits per heavy atom. The third-order valence-corrected chi connectivity index (χ3v) is 4.09. The molecule has 90 valence electrons. The quantitative estimate of drug-likeness (QED) is 0.737. The molecule has 2 aliphatic heterocycles. The summed E-state index contributed by atoms with van der Waals surface area (Å²) >= 11 is 0. The van der Waals surface area contributed by atoms with Gasteiger partial charge in [0.25, 0.3) is 5.91 Å². The van der Waals surface area contributed by atoms with Gasteiger partial charge in [-0.2, -0.15) is 0 Å². The van der Waals surface area contributed by atoms with Crippen molar-refractivity contribution in [2.75, 3.05) is 20.1 Å². The summed E-state index contributed by atoms with van der Waals surface area (Å²) in [6, 6.07) is 4.79. The number of hydrogen-bond donors (Lipinski definition) is 1. The van der Waals surface area contributed by atoms with Gasteiger partial charge in [0.2, 0.25) is 0 Å². The Hall–Kier alpha value is -1.42. The number of fused-ring (bicyclic) bond motifs is 2. The van der Waals surface area contributed by atoms with E-state index in [1.54, 1.807) is 24.1 Å². The molecule has 1 fully saturated rings. The van der Waals surface area contributed by atoms with Crippen LogP contribution in [0.25, 0.3) is 0 Å². The molecule has 0 saturated carbocycles. The minimum absolute atomic E-state index is 0.0543. The van der Waals surface area contributed by atoms with Crippen molar-refractivity contribution in [3.63, 3.8) is 0 Å². The fraction of sp³-hybridized carbons (Fsp3) is 0.462. The molecule has 1 saturated heterocycles. The second-order valence-corrected chi connectivity index (χ2v) is 4.81. The van der Waals surface area contributed by atoms with Crippen LogP contribution in [0.15, 0.2) is 18.2 Å². The Morgan fingerprint density at radius 3 is 2.76 bits per heavy atom. The molecule has 0 atom stereocenters. The van der Waals surface area contributed by atoms with Crippen LogP contribution in [0.5, 0.6) is 0 Å². The average Bonchev–Trinajstić information content (AvgIpc) is 2.55. The van der Waals surface area contributed by atoms with Crippen LogP contribution in [0.1, 0.15) is 28.8 Å². The normalized spacial score (nSPS) is 22.0. The molecule has 2 heterocycles. The summed E-state index contributed by atoms with van der Waals surface area (Å²) in [7, 11) is 1.78. The smallest absolute Gasteiger partial charge is 0.254 e. The van der Waals surface area contributed by atoms with Gasteiger partial charge in [0.05, 0.1) is 5.54 Å². The van der Waals surface area contributed by atoms with Crippen LogP contribution in [0.2, 0.25) is 0 Å². The van der Waals surface area contributed by atoms with E-state index in [4.69, 9.17) is 0 Å². The molecule has 3 nitrogen and oxygen atoms in total. The van der Waals surface area contributed by atoms with Crippen molar-refractivity contribution in [1.82, 2.24) is 10.2 Å². The van der Waals surface area contributed by atoms with Gasteiger partial charge in [-0.3, -0.25) is 4.79 Å². The van der Waals surface area contributed by atoms with Gasteiger partial charge in [0, 0.05) is 18.2 Å². The van der Waals surface area contributed by atoms with Crippen molar-refractivity contribution in [1.29, 1.82) is 0 Å². The molecule has 17 heavy (non-hydrogen) atoms. The van der Waals surface area contributed by atoms with Crippen molar-refractivity contribution >= 4 is 5.91 Å². The number of halogens is 1. The van der Waals surface area contributed by atoms with Gasteiger partial charge < -0.3 is 10.2 Å². The topological polar surface area (TPSA) is 32.3 Å². The van der Waals surface area contributed by atoms with Gasteiger partial charge in [0.1, 0.15) is 5.82 Å². The average molecular weight is 234 g/mol. The van der Waals surface area contributed by atoms with Gasteiger partial charge in [-0.15, -0.1) is 0 Å². The zero-order chi connectivity index (χ0) is 12.0. The highest BCUT2D eigenvalue weighted by molar-refractivity contribution is 6.00. The highest BCUT2D eigenvalue weighted by Crippen LogP contribution is 2.45. The van der Waals surface area contributed by atoms with Crippen LogP contribution in [-0.4, -0.2) is 30.9 Å². The minimum Gasteiger partial charge on any atom is -0.332 e. The molecular formula is C13H15FN2O. The number of hydrogen-bond acceptors (Lipinski definition) is 2. The summed E-state index contributed by atoms with van der Waals surface area (Å²) < 4.78 is 14.1. The van der Waals surface area contributed by atoms with Crippen LogP contribution in [-0.2, 0) is 5.54 Å². The lowest BCUT2D eigenvalue weighted by atomic mass is 9.81. The molecule has 0 radical (unpaired) electrons. The number of benzene rings is 1. The van der Waals surface area contributed by atoms with E-state index in [1.165, 1.54) is 6.07 Å². The maximum absolute atomic E-state index is 14.1. The van der Waals surface area contributed by atoms with Crippen molar-refractivity contribution in [2.24, 2.45) is 0 Å². The molecule has 4 heteroatoms. The van der Waals surface area contributed by atoms with Gasteiger partial charge >= 0.3 is 0 Å². The molecule has 2 aliphatic rings.